The van der Waals surface area contributed by atoms with E-state index in [0.29, 0.717) is 47.1 Å². The largest absolute Gasteiger partial charge is 0.369 e. The highest BCUT2D eigenvalue weighted by Gasteiger charge is 2.41. The van der Waals surface area contributed by atoms with Crippen molar-refractivity contribution in [2.24, 2.45) is 0 Å². The molecule has 3 aromatic rings. The van der Waals surface area contributed by atoms with Crippen LogP contribution in [0.1, 0.15) is 54.0 Å². The molecule has 5 rings (SSSR count). The normalized spacial score (nSPS) is 15.9. The molecule has 3 N–H and O–H groups in total. The van der Waals surface area contributed by atoms with Gasteiger partial charge < -0.3 is 25.3 Å². The Labute approximate surface area is 279 Å². The number of carbonyl (C=O) groups is 2. The number of hydrogen-bond acceptors (Lipinski definition) is 8. The highest BCUT2D eigenvalue weighted by molar-refractivity contribution is 6.90. The van der Waals surface area contributed by atoms with Crippen molar-refractivity contribution in [1.29, 1.82) is 0 Å². The highest BCUT2D eigenvalue weighted by atomic mass is 28.3. The second-order valence-electron chi connectivity index (χ2n) is 13.8. The summed E-state index contributed by atoms with van der Waals surface area (Å²) in [4.78, 5) is 45.0. The second-order valence-corrected chi connectivity index (χ2v) is 19.4. The number of likely N-dealkylation sites (N-methyl/N-ethyl adjacent to an activating group) is 1. The number of piperazine rings is 1. The third-order valence-corrected chi connectivity index (χ3v) is 16.0. The number of carbonyl (C=O) groups excluding carboxylic acids is 2. The minimum Gasteiger partial charge on any atom is -0.369 e. The zero-order valence-corrected chi connectivity index (χ0v) is 30.0. The zero-order chi connectivity index (χ0) is 33.9. The van der Waals surface area contributed by atoms with Crippen LogP contribution in [-0.4, -0.2) is 97.1 Å². The topological polar surface area (TPSA) is 119 Å². The summed E-state index contributed by atoms with van der Waals surface area (Å²) in [6, 6.07) is 9.64. The number of hydrogen-bond donors (Lipinski definition) is 3. The van der Waals surface area contributed by atoms with Gasteiger partial charge in [0.25, 0.3) is 0 Å². The minimum absolute atomic E-state index is 0.00163. The molecule has 4 heterocycles. The summed E-state index contributed by atoms with van der Waals surface area (Å²) >= 11 is 0. The van der Waals surface area contributed by atoms with Gasteiger partial charge in [0.2, 0.25) is 11.9 Å². The van der Waals surface area contributed by atoms with Gasteiger partial charge in [-0.05, 0) is 54.0 Å². The Morgan fingerprint density at radius 2 is 1.57 bits per heavy atom. The Morgan fingerprint density at radius 1 is 0.936 bits per heavy atom. The van der Waals surface area contributed by atoms with Crippen LogP contribution >= 0.6 is 0 Å². The Bertz CT molecular complexity index is 1630. The lowest BCUT2D eigenvalue weighted by atomic mass is 10.1. The van der Waals surface area contributed by atoms with Crippen LogP contribution in [0, 0.1) is 11.5 Å². The number of urea groups is 1. The summed E-state index contributed by atoms with van der Waals surface area (Å²) in [5.74, 6) is 4.29. The number of anilines is 4. The number of nitrogens with zero attached hydrogens (tertiary/aromatic N) is 6. The summed E-state index contributed by atoms with van der Waals surface area (Å²) in [7, 11) is 0.119. The SMILES string of the molecule is CC(=O)N1CC(NC(=O)Nc2cc(C#C[Si](C(C)C)(C(C)C)C(C)C)c3cnc(Nc4ccc(N5CCN(C)CC5)cc4)nc3n2)C1. The van der Waals surface area contributed by atoms with E-state index in [-0.39, 0.29) is 18.0 Å². The zero-order valence-electron chi connectivity index (χ0n) is 29.0. The number of pyridine rings is 1. The van der Waals surface area contributed by atoms with E-state index >= 15 is 0 Å². The molecule has 2 aliphatic heterocycles. The maximum absolute atomic E-state index is 12.9. The molecule has 47 heavy (non-hydrogen) atoms. The molecule has 2 fully saturated rings. The molecule has 1 aromatic carbocycles. The number of nitrogens with one attached hydrogen (secondary N) is 3. The van der Waals surface area contributed by atoms with E-state index in [1.165, 1.54) is 12.6 Å². The van der Waals surface area contributed by atoms with Crippen molar-refractivity contribution in [2.45, 2.75) is 71.1 Å². The Morgan fingerprint density at radius 3 is 2.17 bits per heavy atom. The fourth-order valence-electron chi connectivity index (χ4n) is 6.96. The van der Waals surface area contributed by atoms with Crippen molar-refractivity contribution in [3.8, 4) is 11.5 Å². The van der Waals surface area contributed by atoms with Gasteiger partial charge in [0, 0.05) is 69.3 Å². The maximum Gasteiger partial charge on any atom is 0.320 e. The van der Waals surface area contributed by atoms with Gasteiger partial charge in [0.15, 0.2) is 5.65 Å². The summed E-state index contributed by atoms with van der Waals surface area (Å²) in [6.45, 7) is 20.4. The lowest BCUT2D eigenvalue weighted by molar-refractivity contribution is -0.133. The Hall–Kier alpha value is -4.21. The quantitative estimate of drug-likeness (QED) is 0.217. The lowest BCUT2D eigenvalue weighted by Crippen LogP contribution is -2.61. The minimum atomic E-state index is -2.04. The van der Waals surface area contributed by atoms with Gasteiger partial charge in [-0.25, -0.2) is 14.8 Å². The van der Waals surface area contributed by atoms with E-state index in [1.54, 1.807) is 11.1 Å². The molecule has 0 atom stereocenters. The molecule has 0 radical (unpaired) electrons. The summed E-state index contributed by atoms with van der Waals surface area (Å²) in [6.07, 6.45) is 1.76. The van der Waals surface area contributed by atoms with Crippen molar-refractivity contribution < 1.29 is 9.59 Å². The molecular formula is C35H49N9O2Si. The molecule has 0 saturated carbocycles. The van der Waals surface area contributed by atoms with Gasteiger partial charge in [-0.2, -0.15) is 4.98 Å². The molecule has 0 unspecified atom stereocenters. The molecule has 2 aliphatic rings. The van der Waals surface area contributed by atoms with Gasteiger partial charge in [-0.1, -0.05) is 47.5 Å². The lowest BCUT2D eigenvalue weighted by Gasteiger charge is -2.38. The predicted octanol–water partition coefficient (Wildman–Crippen LogP) is 5.44. The summed E-state index contributed by atoms with van der Waals surface area (Å²) in [5, 5.41) is 9.86. The molecular weight excluding hydrogens is 607 g/mol. The molecule has 250 valence electrons. The van der Waals surface area contributed by atoms with Crippen LogP contribution in [-0.2, 0) is 4.79 Å². The number of aromatic nitrogens is 3. The standard InChI is InChI=1S/C35H49N9O2Si/c1-23(2)47(24(3)4,25(5)6)18-13-27-19-32(40-35(46)38-29-21-44(22-29)26(7)45)39-33-31(27)20-36-34(41-33)37-28-9-11-30(12-10-28)43-16-14-42(8)15-17-43/h9-12,19-20,23-25,29H,14-17,21-22H2,1-8H3,(H3,36,37,38,39,40,41,46). The third kappa shape index (κ3) is 7.68. The van der Waals surface area contributed by atoms with Crippen molar-refractivity contribution in [2.75, 3.05) is 61.8 Å². The molecule has 12 heteroatoms. The van der Waals surface area contributed by atoms with Crippen LogP contribution < -0.4 is 20.9 Å². The first kappa shape index (κ1) is 34.1. The van der Waals surface area contributed by atoms with Crippen LogP contribution in [0.2, 0.25) is 16.6 Å². The van der Waals surface area contributed by atoms with Gasteiger partial charge in [-0.15, -0.1) is 5.54 Å². The van der Waals surface area contributed by atoms with E-state index in [0.717, 1.165) is 42.8 Å². The van der Waals surface area contributed by atoms with Crippen LogP contribution in [0.3, 0.4) is 0 Å². The monoisotopic (exact) mass is 655 g/mol. The number of likely N-dealkylation sites (tertiary alicyclic amines) is 1. The van der Waals surface area contributed by atoms with Crippen LogP contribution in [0.5, 0.6) is 0 Å². The van der Waals surface area contributed by atoms with E-state index in [4.69, 9.17) is 9.97 Å². The van der Waals surface area contributed by atoms with Crippen molar-refractivity contribution >= 4 is 54.2 Å². The van der Waals surface area contributed by atoms with E-state index in [2.05, 4.69) is 103 Å². The van der Waals surface area contributed by atoms with E-state index in [9.17, 15) is 9.59 Å². The van der Waals surface area contributed by atoms with Crippen LogP contribution in [0.4, 0.5) is 27.9 Å². The molecule has 2 saturated heterocycles. The fourth-order valence-corrected chi connectivity index (χ4v) is 12.2. The summed E-state index contributed by atoms with van der Waals surface area (Å²) in [5.41, 5.74) is 8.45. The molecule has 2 aromatic heterocycles. The molecule has 3 amide bonds. The first-order valence-electron chi connectivity index (χ1n) is 16.7. The second kappa shape index (κ2) is 14.3. The van der Waals surface area contributed by atoms with Gasteiger partial charge in [0.05, 0.1) is 11.4 Å². The third-order valence-electron chi connectivity index (χ3n) is 9.74. The molecule has 11 nitrogen and oxygen atoms in total. The average molecular weight is 656 g/mol. The predicted molar refractivity (Wildman–Crippen MR) is 193 cm³/mol. The Balaban J connectivity index is 1.43. The first-order chi connectivity index (χ1) is 22.3. The van der Waals surface area contributed by atoms with Gasteiger partial charge in [-0.3, -0.25) is 10.1 Å². The van der Waals surface area contributed by atoms with Gasteiger partial charge in [0.1, 0.15) is 13.9 Å². The number of benzene rings is 1. The van der Waals surface area contributed by atoms with Crippen molar-refractivity contribution in [1.82, 2.24) is 30.1 Å². The van der Waals surface area contributed by atoms with Crippen LogP contribution in [0.15, 0.2) is 36.5 Å². The average Bonchev–Trinajstić information content (AvgIpc) is 2.99. The van der Waals surface area contributed by atoms with Crippen molar-refractivity contribution in [3.63, 3.8) is 0 Å². The summed E-state index contributed by atoms with van der Waals surface area (Å²) < 4.78 is 0. The fraction of sp³-hybridized carbons (Fsp3) is 0.514. The maximum atomic E-state index is 12.9. The Kier molecular flexibility index (Phi) is 10.4. The first-order valence-corrected chi connectivity index (χ1v) is 18.9. The number of amides is 3. The number of rotatable bonds is 8. The molecule has 0 spiro atoms. The van der Waals surface area contributed by atoms with E-state index in [1.807, 2.05) is 18.2 Å². The number of fused-ring (bicyclic) bond motifs is 1. The van der Waals surface area contributed by atoms with Crippen LogP contribution in [0.25, 0.3) is 11.0 Å². The smallest absolute Gasteiger partial charge is 0.320 e. The highest BCUT2D eigenvalue weighted by Crippen LogP contribution is 2.41. The van der Waals surface area contributed by atoms with Crippen molar-refractivity contribution in [3.05, 3.63) is 42.1 Å². The molecule has 0 aliphatic carbocycles. The van der Waals surface area contributed by atoms with E-state index < -0.39 is 8.07 Å². The van der Waals surface area contributed by atoms with Gasteiger partial charge >= 0.3 is 6.03 Å². The molecule has 0 bridgehead atoms.